The molecule has 0 aliphatic heterocycles. The molecule has 1 aromatic heterocycles. The van der Waals surface area contributed by atoms with Crippen LogP contribution in [0.4, 0.5) is 0 Å². The minimum atomic E-state index is -0.445. The van der Waals surface area contributed by atoms with E-state index in [2.05, 4.69) is 10.3 Å². The van der Waals surface area contributed by atoms with Crippen molar-refractivity contribution in [3.05, 3.63) is 40.4 Å². The zero-order chi connectivity index (χ0) is 15.4. The molecular weight excluding hydrogens is 270 g/mol. The van der Waals surface area contributed by atoms with Gasteiger partial charge in [0.1, 0.15) is 0 Å². The van der Waals surface area contributed by atoms with Gasteiger partial charge in [-0.2, -0.15) is 0 Å². The molecule has 3 N–H and O–H groups in total. The lowest BCUT2D eigenvalue weighted by Gasteiger charge is -2.11. The number of carbonyl (C=O) groups is 1. The van der Waals surface area contributed by atoms with Gasteiger partial charge in [-0.05, 0) is 39.2 Å². The molecule has 7 heteroatoms. The highest BCUT2D eigenvalue weighted by atomic mass is 16.2. The fourth-order valence-corrected chi connectivity index (χ4v) is 1.98. The van der Waals surface area contributed by atoms with Crippen molar-refractivity contribution >= 4 is 16.8 Å². The van der Waals surface area contributed by atoms with E-state index < -0.39 is 11.5 Å². The van der Waals surface area contributed by atoms with Crippen LogP contribution in [0.15, 0.2) is 29.1 Å². The standard InChI is InChI=1S/C14H19N5O2/c1-18(2)9-5-8-16-13(20)12-17-11-7-4-3-6-10(11)14(21)19(12)15/h3-4,6-7H,5,8-9,15H2,1-2H3,(H,16,20). The Balaban J connectivity index is 2.20. The first-order chi connectivity index (χ1) is 10.0. The Labute approximate surface area is 122 Å². The van der Waals surface area contributed by atoms with Gasteiger partial charge in [-0.15, -0.1) is 0 Å². The van der Waals surface area contributed by atoms with E-state index >= 15 is 0 Å². The second kappa shape index (κ2) is 6.36. The van der Waals surface area contributed by atoms with Gasteiger partial charge >= 0.3 is 0 Å². The Morgan fingerprint density at radius 2 is 2.10 bits per heavy atom. The number of fused-ring (bicyclic) bond motifs is 1. The summed E-state index contributed by atoms with van der Waals surface area (Å²) < 4.78 is 0.795. The van der Waals surface area contributed by atoms with Crippen LogP contribution >= 0.6 is 0 Å². The van der Waals surface area contributed by atoms with Crippen LogP contribution < -0.4 is 16.7 Å². The Bertz CT molecular complexity index is 708. The molecule has 0 spiro atoms. The van der Waals surface area contributed by atoms with Crippen molar-refractivity contribution in [2.24, 2.45) is 0 Å². The van der Waals surface area contributed by atoms with E-state index in [-0.39, 0.29) is 5.82 Å². The zero-order valence-corrected chi connectivity index (χ0v) is 12.2. The summed E-state index contributed by atoms with van der Waals surface area (Å²) in [6, 6.07) is 6.80. The lowest BCUT2D eigenvalue weighted by Crippen LogP contribution is -2.38. The van der Waals surface area contributed by atoms with Gasteiger partial charge in [0, 0.05) is 6.54 Å². The molecule has 21 heavy (non-hydrogen) atoms. The van der Waals surface area contributed by atoms with E-state index in [1.165, 1.54) is 0 Å². The Hall–Kier alpha value is -2.41. The first-order valence-corrected chi connectivity index (χ1v) is 6.70. The van der Waals surface area contributed by atoms with Crippen LogP contribution in [-0.2, 0) is 0 Å². The van der Waals surface area contributed by atoms with Gasteiger partial charge in [-0.1, -0.05) is 12.1 Å². The number of benzene rings is 1. The predicted octanol–water partition coefficient (Wildman–Crippen LogP) is -0.208. The average molecular weight is 289 g/mol. The number of carbonyl (C=O) groups excluding carboxylic acids is 1. The quantitative estimate of drug-likeness (QED) is 0.587. The number of hydrogen-bond donors (Lipinski definition) is 2. The molecule has 0 aliphatic rings. The summed E-state index contributed by atoms with van der Waals surface area (Å²) in [6.07, 6.45) is 0.807. The number of hydrogen-bond acceptors (Lipinski definition) is 5. The summed E-state index contributed by atoms with van der Waals surface area (Å²) in [4.78, 5) is 30.4. The number of nitrogens with two attached hydrogens (primary N) is 1. The Kier molecular flexibility index (Phi) is 4.54. The van der Waals surface area contributed by atoms with Crippen molar-refractivity contribution in [3.63, 3.8) is 0 Å². The van der Waals surface area contributed by atoms with E-state index in [0.29, 0.717) is 17.4 Å². The highest BCUT2D eigenvalue weighted by Gasteiger charge is 2.15. The number of para-hydroxylation sites is 1. The molecule has 112 valence electrons. The number of amides is 1. The molecule has 2 rings (SSSR count). The van der Waals surface area contributed by atoms with Crippen LogP contribution in [0.5, 0.6) is 0 Å². The van der Waals surface area contributed by atoms with E-state index in [1.807, 2.05) is 19.0 Å². The molecule has 1 amide bonds. The van der Waals surface area contributed by atoms with Crippen molar-refractivity contribution < 1.29 is 4.79 Å². The van der Waals surface area contributed by atoms with Crippen molar-refractivity contribution in [3.8, 4) is 0 Å². The van der Waals surface area contributed by atoms with Gasteiger partial charge in [0.25, 0.3) is 11.5 Å². The zero-order valence-electron chi connectivity index (χ0n) is 12.2. The predicted molar refractivity (Wildman–Crippen MR) is 81.7 cm³/mol. The summed E-state index contributed by atoms with van der Waals surface area (Å²) in [5, 5.41) is 3.11. The molecule has 0 aliphatic carbocycles. The van der Waals surface area contributed by atoms with Crippen LogP contribution in [0.3, 0.4) is 0 Å². The third-order valence-electron chi connectivity index (χ3n) is 3.08. The van der Waals surface area contributed by atoms with E-state index in [4.69, 9.17) is 5.84 Å². The normalized spacial score (nSPS) is 11.0. The molecule has 7 nitrogen and oxygen atoms in total. The molecule has 1 aromatic carbocycles. The van der Waals surface area contributed by atoms with Gasteiger partial charge < -0.3 is 16.1 Å². The van der Waals surface area contributed by atoms with Crippen molar-refractivity contribution in [1.82, 2.24) is 19.9 Å². The highest BCUT2D eigenvalue weighted by Crippen LogP contribution is 2.06. The van der Waals surface area contributed by atoms with E-state index in [0.717, 1.165) is 17.6 Å². The molecule has 0 unspecified atom stereocenters. The van der Waals surface area contributed by atoms with Crippen molar-refractivity contribution in [2.75, 3.05) is 33.0 Å². The fraction of sp³-hybridized carbons (Fsp3) is 0.357. The number of aromatic nitrogens is 2. The summed E-state index contributed by atoms with van der Waals surface area (Å²) in [5.41, 5.74) is 0.0293. The van der Waals surface area contributed by atoms with Gasteiger partial charge in [-0.25, -0.2) is 9.66 Å². The maximum absolute atomic E-state index is 12.1. The average Bonchev–Trinajstić information content (AvgIpc) is 2.47. The summed E-state index contributed by atoms with van der Waals surface area (Å²) >= 11 is 0. The van der Waals surface area contributed by atoms with Crippen LogP contribution in [0, 0.1) is 0 Å². The first kappa shape index (κ1) is 15.0. The highest BCUT2D eigenvalue weighted by molar-refractivity contribution is 5.93. The van der Waals surface area contributed by atoms with E-state index in [1.54, 1.807) is 24.3 Å². The van der Waals surface area contributed by atoms with Crippen molar-refractivity contribution in [2.45, 2.75) is 6.42 Å². The summed E-state index contributed by atoms with van der Waals surface area (Å²) in [7, 11) is 3.93. The lowest BCUT2D eigenvalue weighted by molar-refractivity contribution is 0.0938. The maximum Gasteiger partial charge on any atom is 0.289 e. The lowest BCUT2D eigenvalue weighted by atomic mass is 10.2. The smallest absolute Gasteiger partial charge is 0.289 e. The second-order valence-electron chi connectivity index (χ2n) is 5.04. The Morgan fingerprint density at radius 1 is 1.38 bits per heavy atom. The molecule has 0 bridgehead atoms. The fourth-order valence-electron chi connectivity index (χ4n) is 1.98. The topological polar surface area (TPSA) is 93.2 Å². The van der Waals surface area contributed by atoms with Crippen molar-refractivity contribution in [1.29, 1.82) is 0 Å². The third-order valence-corrected chi connectivity index (χ3v) is 3.08. The number of nitrogens with zero attached hydrogens (tertiary/aromatic N) is 3. The van der Waals surface area contributed by atoms with Gasteiger partial charge in [0.2, 0.25) is 5.82 Å². The Morgan fingerprint density at radius 3 is 2.81 bits per heavy atom. The number of nitrogen functional groups attached to an aromatic ring is 1. The largest absolute Gasteiger partial charge is 0.349 e. The maximum atomic E-state index is 12.1. The SMILES string of the molecule is CN(C)CCCNC(=O)c1nc2ccccc2c(=O)n1N. The molecular formula is C14H19N5O2. The third kappa shape index (κ3) is 3.38. The molecule has 0 saturated carbocycles. The van der Waals surface area contributed by atoms with Crippen LogP contribution in [-0.4, -0.2) is 47.7 Å². The number of nitrogens with one attached hydrogen (secondary N) is 1. The molecule has 0 fully saturated rings. The summed E-state index contributed by atoms with van der Waals surface area (Å²) in [5.74, 6) is 5.15. The van der Waals surface area contributed by atoms with Crippen LogP contribution in [0.1, 0.15) is 17.0 Å². The molecule has 0 atom stereocenters. The van der Waals surface area contributed by atoms with Gasteiger partial charge in [0.15, 0.2) is 0 Å². The molecule has 0 radical (unpaired) electrons. The molecule has 0 saturated heterocycles. The van der Waals surface area contributed by atoms with Crippen LogP contribution in [0.2, 0.25) is 0 Å². The number of rotatable bonds is 5. The minimum Gasteiger partial charge on any atom is -0.349 e. The minimum absolute atomic E-state index is 0.0800. The van der Waals surface area contributed by atoms with Crippen LogP contribution in [0.25, 0.3) is 10.9 Å². The van der Waals surface area contributed by atoms with Gasteiger partial charge in [-0.3, -0.25) is 9.59 Å². The molecule has 1 heterocycles. The second-order valence-corrected chi connectivity index (χ2v) is 5.04. The van der Waals surface area contributed by atoms with Gasteiger partial charge in [0.05, 0.1) is 10.9 Å². The first-order valence-electron chi connectivity index (χ1n) is 6.70. The molecule has 2 aromatic rings. The monoisotopic (exact) mass is 289 g/mol. The van der Waals surface area contributed by atoms with E-state index in [9.17, 15) is 9.59 Å². The summed E-state index contributed by atoms with van der Waals surface area (Å²) in [6.45, 7) is 1.36.